The van der Waals surface area contributed by atoms with E-state index in [0.717, 1.165) is 18.2 Å². The largest absolute Gasteiger partial charge is 0.242 e. The minimum atomic E-state index is -3.78. The summed E-state index contributed by atoms with van der Waals surface area (Å²) in [5, 5.41) is 8.07. The molecule has 16 heavy (non-hydrogen) atoms. The van der Waals surface area contributed by atoms with Crippen molar-refractivity contribution in [1.29, 1.82) is 5.26 Å². The maximum atomic E-state index is 12.7. The second-order valence-corrected chi connectivity index (χ2v) is 5.02. The fourth-order valence-electron chi connectivity index (χ4n) is 1.01. The molecule has 0 unspecified atom stereocenters. The van der Waals surface area contributed by atoms with Crippen LogP contribution in [-0.2, 0) is 10.0 Å². The number of nitrogens with zero attached hydrogens (tertiary/aromatic N) is 1. The van der Waals surface area contributed by atoms with Crippen molar-refractivity contribution in [2.45, 2.75) is 11.3 Å². The molecule has 0 saturated carbocycles. The van der Waals surface area contributed by atoms with Gasteiger partial charge in [-0.15, -0.1) is 0 Å². The fraction of sp³-hybridized carbons (Fsp3) is 0.222. The van der Waals surface area contributed by atoms with Crippen LogP contribution in [0.15, 0.2) is 23.1 Å². The topological polar surface area (TPSA) is 70.0 Å². The van der Waals surface area contributed by atoms with E-state index in [0.29, 0.717) is 0 Å². The van der Waals surface area contributed by atoms with Crippen molar-refractivity contribution in [2.75, 3.05) is 6.54 Å². The molecule has 86 valence electrons. The summed E-state index contributed by atoms with van der Waals surface area (Å²) in [6, 6.07) is 4.79. The lowest BCUT2D eigenvalue weighted by Gasteiger charge is -2.06. The zero-order valence-corrected chi connectivity index (χ0v) is 9.65. The smallest absolute Gasteiger partial charge is 0.210 e. The Bertz CT molecular complexity index is 525. The Morgan fingerprint density at radius 3 is 2.75 bits per heavy atom. The molecule has 0 aromatic heterocycles. The summed E-state index contributed by atoms with van der Waals surface area (Å²) in [5.41, 5.74) is 0. The molecule has 0 spiro atoms. The van der Waals surface area contributed by atoms with Crippen LogP contribution in [0.25, 0.3) is 0 Å². The number of nitrogens with one attached hydrogen (secondary N) is 1. The fourth-order valence-corrected chi connectivity index (χ4v) is 2.57. The summed E-state index contributed by atoms with van der Waals surface area (Å²) in [7, 11) is -3.78. The zero-order chi connectivity index (χ0) is 12.2. The minimum absolute atomic E-state index is 0.00740. The molecule has 1 N–H and O–H groups in total. The standard InChI is InChI=1S/C9H8ClFN2O2S/c10-8-6-7(11)2-3-9(8)16(14,15)13-5-1-4-12/h2-3,6,13H,1,5H2. The van der Waals surface area contributed by atoms with Crippen molar-refractivity contribution in [1.82, 2.24) is 4.72 Å². The molecule has 0 aliphatic rings. The highest BCUT2D eigenvalue weighted by Crippen LogP contribution is 2.21. The van der Waals surface area contributed by atoms with Crippen molar-refractivity contribution in [3.63, 3.8) is 0 Å². The van der Waals surface area contributed by atoms with Crippen LogP contribution >= 0.6 is 11.6 Å². The molecule has 7 heteroatoms. The lowest BCUT2D eigenvalue weighted by atomic mass is 10.3. The third-order valence-corrected chi connectivity index (χ3v) is 3.66. The molecule has 0 heterocycles. The predicted octanol–water partition coefficient (Wildman–Crippen LogP) is 1.67. The molecule has 0 bridgehead atoms. The van der Waals surface area contributed by atoms with E-state index in [1.165, 1.54) is 0 Å². The normalized spacial score (nSPS) is 11.1. The Balaban J connectivity index is 2.95. The minimum Gasteiger partial charge on any atom is -0.210 e. The van der Waals surface area contributed by atoms with E-state index in [9.17, 15) is 12.8 Å². The van der Waals surface area contributed by atoms with Crippen LogP contribution in [0.1, 0.15) is 6.42 Å². The van der Waals surface area contributed by atoms with E-state index >= 15 is 0 Å². The first-order valence-electron chi connectivity index (χ1n) is 4.29. The third-order valence-electron chi connectivity index (χ3n) is 1.71. The number of benzene rings is 1. The predicted molar refractivity (Wildman–Crippen MR) is 56.8 cm³/mol. The SMILES string of the molecule is N#CCCNS(=O)(=O)c1ccc(F)cc1Cl. The van der Waals surface area contributed by atoms with Crippen LogP contribution in [0.4, 0.5) is 4.39 Å². The van der Waals surface area contributed by atoms with Crippen LogP contribution < -0.4 is 4.72 Å². The Morgan fingerprint density at radius 2 is 2.19 bits per heavy atom. The second-order valence-electron chi connectivity index (χ2n) is 2.88. The first-order chi connectivity index (χ1) is 7.47. The summed E-state index contributed by atoms with van der Waals surface area (Å²) in [6.45, 7) is -0.00740. The average Bonchev–Trinajstić information content (AvgIpc) is 2.17. The summed E-state index contributed by atoms with van der Waals surface area (Å²) in [6.07, 6.45) is 0.0536. The summed E-state index contributed by atoms with van der Waals surface area (Å²) in [4.78, 5) is -0.200. The van der Waals surface area contributed by atoms with E-state index in [1.807, 2.05) is 0 Å². The van der Waals surface area contributed by atoms with Crippen LogP contribution in [0.5, 0.6) is 0 Å². The van der Waals surface area contributed by atoms with Gasteiger partial charge in [0.2, 0.25) is 10.0 Å². The van der Waals surface area contributed by atoms with Crippen molar-refractivity contribution in [3.05, 3.63) is 29.0 Å². The Hall–Kier alpha value is -1.16. The highest BCUT2D eigenvalue weighted by molar-refractivity contribution is 7.89. The van der Waals surface area contributed by atoms with Gasteiger partial charge in [-0.1, -0.05) is 11.6 Å². The molecule has 0 aliphatic carbocycles. The van der Waals surface area contributed by atoms with Gasteiger partial charge in [0.15, 0.2) is 0 Å². The van der Waals surface area contributed by atoms with Gasteiger partial charge in [-0.25, -0.2) is 17.5 Å². The van der Waals surface area contributed by atoms with E-state index in [4.69, 9.17) is 16.9 Å². The number of halogens is 2. The van der Waals surface area contributed by atoms with Crippen LogP contribution in [0.3, 0.4) is 0 Å². The lowest BCUT2D eigenvalue weighted by Crippen LogP contribution is -2.24. The number of hydrogen-bond acceptors (Lipinski definition) is 3. The highest BCUT2D eigenvalue weighted by Gasteiger charge is 2.17. The van der Waals surface area contributed by atoms with Crippen LogP contribution in [-0.4, -0.2) is 15.0 Å². The van der Waals surface area contributed by atoms with Gasteiger partial charge >= 0.3 is 0 Å². The lowest BCUT2D eigenvalue weighted by molar-refractivity contribution is 0.581. The van der Waals surface area contributed by atoms with Crippen LogP contribution in [0, 0.1) is 17.1 Å². The van der Waals surface area contributed by atoms with Gasteiger partial charge in [-0.05, 0) is 18.2 Å². The van der Waals surface area contributed by atoms with Crippen molar-refractivity contribution >= 4 is 21.6 Å². The molecule has 1 aromatic carbocycles. The molecule has 0 fully saturated rings. The van der Waals surface area contributed by atoms with Crippen molar-refractivity contribution < 1.29 is 12.8 Å². The molecular weight excluding hydrogens is 255 g/mol. The van der Waals surface area contributed by atoms with E-state index in [2.05, 4.69) is 4.72 Å². The maximum Gasteiger partial charge on any atom is 0.242 e. The van der Waals surface area contributed by atoms with Gasteiger partial charge in [0.25, 0.3) is 0 Å². The summed E-state index contributed by atoms with van der Waals surface area (Å²) < 4.78 is 38.1. The van der Waals surface area contributed by atoms with Crippen molar-refractivity contribution in [3.8, 4) is 6.07 Å². The van der Waals surface area contributed by atoms with Gasteiger partial charge in [0.1, 0.15) is 10.7 Å². The van der Waals surface area contributed by atoms with Crippen LogP contribution in [0.2, 0.25) is 5.02 Å². The Morgan fingerprint density at radius 1 is 1.50 bits per heavy atom. The Labute approximate surface area is 97.7 Å². The molecule has 1 aromatic rings. The highest BCUT2D eigenvalue weighted by atomic mass is 35.5. The molecule has 0 radical (unpaired) electrons. The van der Waals surface area contributed by atoms with E-state index < -0.39 is 15.8 Å². The molecule has 1 rings (SSSR count). The zero-order valence-electron chi connectivity index (χ0n) is 8.07. The number of hydrogen-bond donors (Lipinski definition) is 1. The van der Waals surface area contributed by atoms with Gasteiger partial charge in [0.05, 0.1) is 11.1 Å². The number of sulfonamides is 1. The molecular formula is C9H8ClFN2O2S. The first kappa shape index (κ1) is 12.9. The van der Waals surface area contributed by atoms with Gasteiger partial charge in [-0.2, -0.15) is 5.26 Å². The Kier molecular flexibility index (Phi) is 4.24. The first-order valence-corrected chi connectivity index (χ1v) is 6.15. The quantitative estimate of drug-likeness (QED) is 0.839. The molecule has 0 atom stereocenters. The molecule has 4 nitrogen and oxygen atoms in total. The molecule has 0 aliphatic heterocycles. The molecule has 0 saturated heterocycles. The summed E-state index contributed by atoms with van der Waals surface area (Å²) in [5.74, 6) is -0.610. The van der Waals surface area contributed by atoms with Gasteiger partial charge in [-0.3, -0.25) is 0 Å². The maximum absolute atomic E-state index is 12.7. The third kappa shape index (κ3) is 3.17. The van der Waals surface area contributed by atoms with E-state index in [1.54, 1.807) is 6.07 Å². The number of nitriles is 1. The van der Waals surface area contributed by atoms with E-state index in [-0.39, 0.29) is 22.9 Å². The monoisotopic (exact) mass is 262 g/mol. The van der Waals surface area contributed by atoms with Crippen molar-refractivity contribution in [2.24, 2.45) is 0 Å². The average molecular weight is 263 g/mol. The number of rotatable bonds is 4. The van der Waals surface area contributed by atoms with Gasteiger partial charge < -0.3 is 0 Å². The second kappa shape index (κ2) is 5.25. The molecule has 0 amide bonds. The summed E-state index contributed by atoms with van der Waals surface area (Å²) >= 11 is 5.60. The van der Waals surface area contributed by atoms with Gasteiger partial charge in [0, 0.05) is 13.0 Å².